The molecule has 3 nitrogen and oxygen atoms in total. The Kier molecular flexibility index (Phi) is 3.92. The van der Waals surface area contributed by atoms with Gasteiger partial charge >= 0.3 is 0 Å². The van der Waals surface area contributed by atoms with Gasteiger partial charge in [0.05, 0.1) is 16.7 Å². The number of rotatable bonds is 3. The van der Waals surface area contributed by atoms with Crippen LogP contribution in [0.25, 0.3) is 0 Å². The molecule has 1 aliphatic rings. The quantitative estimate of drug-likeness (QED) is 0.920. The fourth-order valence-corrected chi connectivity index (χ4v) is 2.68. The molecule has 2 aromatic rings. The fourth-order valence-electron chi connectivity index (χ4n) is 2.26. The molecule has 0 radical (unpaired) electrons. The first-order valence-corrected chi connectivity index (χ1v) is 7.39. The Morgan fingerprint density at radius 1 is 1.33 bits per heavy atom. The highest BCUT2D eigenvalue weighted by Gasteiger charge is 2.25. The van der Waals surface area contributed by atoms with Crippen LogP contribution in [0, 0.1) is 5.82 Å². The average molecular weight is 350 g/mol. The molecule has 1 aliphatic heterocycles. The molecular weight excluding hydrogens is 337 g/mol. The second-order valence-electron chi connectivity index (χ2n) is 4.88. The zero-order chi connectivity index (χ0) is 14.8. The maximum atomic E-state index is 13.2. The number of hydrogen-bond donors (Lipinski definition) is 1. The first kappa shape index (κ1) is 14.1. The number of hydrogen-bond acceptors (Lipinski definition) is 3. The maximum Gasteiger partial charge on any atom is 0.179 e. The van der Waals surface area contributed by atoms with Crippen molar-refractivity contribution in [2.75, 3.05) is 11.9 Å². The van der Waals surface area contributed by atoms with Crippen LogP contribution in [0.4, 0.5) is 10.1 Å². The summed E-state index contributed by atoms with van der Waals surface area (Å²) in [5.41, 5.74) is 1.65. The summed E-state index contributed by atoms with van der Waals surface area (Å²) < 4.78 is 19.3. The Morgan fingerprint density at radius 2 is 2.14 bits per heavy atom. The maximum absolute atomic E-state index is 13.2. The Labute approximate surface area is 130 Å². The van der Waals surface area contributed by atoms with Crippen molar-refractivity contribution in [3.8, 4) is 5.75 Å². The van der Waals surface area contributed by atoms with Gasteiger partial charge in [-0.1, -0.05) is 18.2 Å². The van der Waals surface area contributed by atoms with Crippen LogP contribution in [-0.2, 0) is 11.2 Å². The highest BCUT2D eigenvalue weighted by Crippen LogP contribution is 2.28. The van der Waals surface area contributed by atoms with Crippen molar-refractivity contribution in [2.45, 2.75) is 12.5 Å². The van der Waals surface area contributed by atoms with Crippen LogP contribution in [0.3, 0.4) is 0 Å². The summed E-state index contributed by atoms with van der Waals surface area (Å²) in [6.45, 7) is 0.443. The van der Waals surface area contributed by atoms with Crippen LogP contribution >= 0.6 is 15.9 Å². The van der Waals surface area contributed by atoms with Gasteiger partial charge in [-0.2, -0.15) is 0 Å². The summed E-state index contributed by atoms with van der Waals surface area (Å²) in [6, 6.07) is 12.1. The minimum absolute atomic E-state index is 0.0319. The number of carbonyl (C=O) groups is 1. The van der Waals surface area contributed by atoms with E-state index >= 15 is 0 Å². The van der Waals surface area contributed by atoms with Gasteiger partial charge in [0.25, 0.3) is 0 Å². The van der Waals surface area contributed by atoms with Crippen LogP contribution in [0.5, 0.6) is 5.75 Å². The summed E-state index contributed by atoms with van der Waals surface area (Å²) in [7, 11) is 0. The molecule has 0 amide bonds. The van der Waals surface area contributed by atoms with Crippen LogP contribution in [0.2, 0.25) is 0 Å². The Hall–Kier alpha value is -1.88. The molecule has 0 bridgehead atoms. The first-order valence-electron chi connectivity index (χ1n) is 6.59. The van der Waals surface area contributed by atoms with Gasteiger partial charge in [0.2, 0.25) is 0 Å². The van der Waals surface area contributed by atoms with Crippen LogP contribution in [0.15, 0.2) is 46.9 Å². The third-order valence-electron chi connectivity index (χ3n) is 3.36. The molecule has 108 valence electrons. The summed E-state index contributed by atoms with van der Waals surface area (Å²) in [4.78, 5) is 12.3. The van der Waals surface area contributed by atoms with Gasteiger partial charge in [-0.3, -0.25) is 4.79 Å². The molecule has 5 heteroatoms. The number of halogens is 2. The lowest BCUT2D eigenvalue weighted by molar-refractivity contribution is -0.124. The third kappa shape index (κ3) is 3.08. The van der Waals surface area contributed by atoms with Crippen molar-refractivity contribution in [2.24, 2.45) is 0 Å². The van der Waals surface area contributed by atoms with Crippen molar-refractivity contribution in [3.63, 3.8) is 0 Å². The molecule has 1 atom stereocenters. The Bertz CT molecular complexity index is 690. The first-order chi connectivity index (χ1) is 10.1. The van der Waals surface area contributed by atoms with E-state index in [1.54, 1.807) is 12.1 Å². The number of ketones is 1. The van der Waals surface area contributed by atoms with Gasteiger partial charge in [-0.25, -0.2) is 4.39 Å². The van der Waals surface area contributed by atoms with Crippen molar-refractivity contribution in [3.05, 3.63) is 58.3 Å². The number of carbonyl (C=O) groups excluding carboxylic acids is 1. The van der Waals surface area contributed by atoms with Gasteiger partial charge in [0, 0.05) is 6.42 Å². The zero-order valence-corrected chi connectivity index (χ0v) is 12.7. The average Bonchev–Trinajstić information content (AvgIpc) is 2.50. The lowest BCUT2D eigenvalue weighted by Gasteiger charge is -2.26. The van der Waals surface area contributed by atoms with Crippen LogP contribution in [-0.4, -0.2) is 18.4 Å². The summed E-state index contributed by atoms with van der Waals surface area (Å²) >= 11 is 3.12. The van der Waals surface area contributed by atoms with Crippen LogP contribution < -0.4 is 10.1 Å². The van der Waals surface area contributed by atoms with E-state index in [4.69, 9.17) is 4.74 Å². The molecule has 0 saturated heterocycles. The highest BCUT2D eigenvalue weighted by atomic mass is 79.9. The standard InChI is InChI=1S/C16H13BrFNO2/c17-11-7-10(5-6-12(11)18)8-14(20)16-9-19-13-3-1-2-4-15(13)21-16/h1-7,16,19H,8-9H2. The largest absolute Gasteiger partial charge is 0.479 e. The Balaban J connectivity index is 1.70. The SMILES string of the molecule is O=C(Cc1ccc(F)c(Br)c1)C1CNc2ccccc2O1. The van der Waals surface area contributed by atoms with Crippen molar-refractivity contribution >= 4 is 27.4 Å². The van der Waals surface area contributed by atoms with Crippen LogP contribution in [0.1, 0.15) is 5.56 Å². The molecule has 3 rings (SSSR count). The molecule has 2 aromatic carbocycles. The van der Waals surface area contributed by atoms with E-state index in [0.29, 0.717) is 16.8 Å². The van der Waals surface area contributed by atoms with E-state index in [0.717, 1.165) is 11.3 Å². The van der Waals surface area contributed by atoms with Crippen molar-refractivity contribution in [1.29, 1.82) is 0 Å². The van der Waals surface area contributed by atoms with Gasteiger partial charge in [0.1, 0.15) is 11.6 Å². The van der Waals surface area contributed by atoms with E-state index < -0.39 is 6.10 Å². The van der Waals surface area contributed by atoms with Crippen molar-refractivity contribution in [1.82, 2.24) is 0 Å². The number of para-hydroxylation sites is 2. The van der Waals surface area contributed by atoms with E-state index in [2.05, 4.69) is 21.2 Å². The molecular formula is C16H13BrFNO2. The predicted molar refractivity (Wildman–Crippen MR) is 82.2 cm³/mol. The van der Waals surface area contributed by atoms with Crippen molar-refractivity contribution < 1.29 is 13.9 Å². The number of anilines is 1. The second-order valence-corrected chi connectivity index (χ2v) is 5.73. The van der Waals surface area contributed by atoms with Gasteiger partial charge in [0.15, 0.2) is 11.9 Å². The molecule has 0 fully saturated rings. The molecule has 0 aromatic heterocycles. The highest BCUT2D eigenvalue weighted by molar-refractivity contribution is 9.10. The number of benzene rings is 2. The number of ether oxygens (including phenoxy) is 1. The predicted octanol–water partition coefficient (Wildman–Crippen LogP) is 3.57. The lowest BCUT2D eigenvalue weighted by atomic mass is 10.0. The van der Waals surface area contributed by atoms with E-state index in [-0.39, 0.29) is 18.0 Å². The minimum Gasteiger partial charge on any atom is -0.479 e. The van der Waals surface area contributed by atoms with E-state index in [1.807, 2.05) is 24.3 Å². The molecule has 1 heterocycles. The molecule has 0 spiro atoms. The molecule has 1 N–H and O–H groups in total. The topological polar surface area (TPSA) is 38.3 Å². The molecule has 0 saturated carbocycles. The number of Topliss-reactive ketones (excluding diaryl/α,β-unsaturated/α-hetero) is 1. The molecule has 1 unspecified atom stereocenters. The van der Waals surface area contributed by atoms with Gasteiger partial charge in [-0.15, -0.1) is 0 Å². The third-order valence-corrected chi connectivity index (χ3v) is 3.96. The lowest BCUT2D eigenvalue weighted by Crippen LogP contribution is -2.38. The molecule has 21 heavy (non-hydrogen) atoms. The zero-order valence-electron chi connectivity index (χ0n) is 11.1. The van der Waals surface area contributed by atoms with E-state index in [1.165, 1.54) is 6.07 Å². The summed E-state index contributed by atoms with van der Waals surface area (Å²) in [5.74, 6) is 0.314. The van der Waals surface area contributed by atoms with Gasteiger partial charge in [-0.05, 0) is 45.8 Å². The normalized spacial score (nSPS) is 16.6. The van der Waals surface area contributed by atoms with Gasteiger partial charge < -0.3 is 10.1 Å². The Morgan fingerprint density at radius 3 is 2.95 bits per heavy atom. The smallest absolute Gasteiger partial charge is 0.179 e. The second kappa shape index (κ2) is 5.85. The summed E-state index contributed by atoms with van der Waals surface area (Å²) in [6.07, 6.45) is -0.309. The molecule has 0 aliphatic carbocycles. The number of nitrogens with one attached hydrogen (secondary N) is 1. The minimum atomic E-state index is -0.524. The summed E-state index contributed by atoms with van der Waals surface area (Å²) in [5, 5.41) is 3.18. The van der Waals surface area contributed by atoms with E-state index in [9.17, 15) is 9.18 Å². The monoisotopic (exact) mass is 349 g/mol. The number of fused-ring (bicyclic) bond motifs is 1. The fraction of sp³-hybridized carbons (Fsp3) is 0.188.